The number of esters is 4. The van der Waals surface area contributed by atoms with Gasteiger partial charge in [0.15, 0.2) is 22.3 Å². The minimum atomic E-state index is -0.446. The molecule has 298 valence electrons. The van der Waals surface area contributed by atoms with Crippen molar-refractivity contribution in [2.45, 2.75) is 65.2 Å². The first-order valence-electron chi connectivity index (χ1n) is 19.4. The van der Waals surface area contributed by atoms with Crippen molar-refractivity contribution >= 4 is 56.4 Å². The lowest BCUT2D eigenvalue weighted by Gasteiger charge is -2.26. The van der Waals surface area contributed by atoms with Crippen LogP contribution in [0.15, 0.2) is 83.3 Å². The summed E-state index contributed by atoms with van der Waals surface area (Å²) in [5, 5.41) is 20.5. The highest BCUT2D eigenvalue weighted by Crippen LogP contribution is 2.43. The van der Waals surface area contributed by atoms with Gasteiger partial charge >= 0.3 is 23.9 Å². The van der Waals surface area contributed by atoms with Gasteiger partial charge in [0, 0.05) is 5.39 Å². The molecule has 6 aromatic rings. The van der Waals surface area contributed by atoms with Crippen LogP contribution in [0.1, 0.15) is 62.5 Å². The summed E-state index contributed by atoms with van der Waals surface area (Å²) in [4.78, 5) is 57.7. The molecular formula is C45H41NO11S. The van der Waals surface area contributed by atoms with Crippen molar-refractivity contribution in [1.82, 2.24) is 4.98 Å². The fourth-order valence-corrected chi connectivity index (χ4v) is 8.75. The Kier molecular flexibility index (Phi) is 10.9. The lowest BCUT2D eigenvalue weighted by molar-refractivity contribution is -0.145. The number of aromatic nitrogens is 1. The summed E-state index contributed by atoms with van der Waals surface area (Å²) in [7, 11) is 0. The van der Waals surface area contributed by atoms with Crippen molar-refractivity contribution < 1.29 is 52.8 Å². The zero-order valence-electron chi connectivity index (χ0n) is 31.9. The van der Waals surface area contributed by atoms with Crippen LogP contribution in [-0.2, 0) is 19.2 Å². The molecule has 2 aromatic heterocycles. The number of fused-ring (bicyclic) bond motifs is 2. The van der Waals surface area contributed by atoms with Gasteiger partial charge in [-0.2, -0.15) is 0 Å². The molecule has 0 unspecified atom stereocenters. The molecule has 0 atom stereocenters. The van der Waals surface area contributed by atoms with E-state index in [-0.39, 0.29) is 46.8 Å². The number of carbonyl (C=O) groups is 4. The van der Waals surface area contributed by atoms with Crippen LogP contribution in [0.5, 0.6) is 34.5 Å². The number of thiazole rings is 1. The van der Waals surface area contributed by atoms with E-state index < -0.39 is 23.8 Å². The summed E-state index contributed by atoms with van der Waals surface area (Å²) < 4.78 is 29.8. The van der Waals surface area contributed by atoms with Gasteiger partial charge in [-0.05, 0) is 149 Å². The van der Waals surface area contributed by atoms with Crippen LogP contribution < -0.4 is 18.9 Å². The molecule has 12 nitrogen and oxygen atoms in total. The number of benzene rings is 4. The van der Waals surface area contributed by atoms with Crippen molar-refractivity contribution in [3.8, 4) is 45.3 Å². The minimum Gasteiger partial charge on any atom is -0.508 e. The van der Waals surface area contributed by atoms with Gasteiger partial charge in [-0.15, -0.1) is 11.3 Å². The van der Waals surface area contributed by atoms with E-state index in [2.05, 4.69) is 6.07 Å². The van der Waals surface area contributed by atoms with Gasteiger partial charge in [0.1, 0.15) is 38.8 Å². The summed E-state index contributed by atoms with van der Waals surface area (Å²) >= 11 is 1.26. The first-order chi connectivity index (χ1) is 28.0. The van der Waals surface area contributed by atoms with Crippen LogP contribution in [0.4, 0.5) is 0 Å². The quantitative estimate of drug-likeness (QED) is 0.105. The van der Waals surface area contributed by atoms with Crippen LogP contribution >= 0.6 is 11.3 Å². The molecule has 2 N–H and O–H groups in total. The molecule has 2 aliphatic rings. The third kappa shape index (κ3) is 8.40. The summed E-state index contributed by atoms with van der Waals surface area (Å²) in [6, 6.07) is 21.0. The topological polar surface area (TPSA) is 172 Å². The van der Waals surface area contributed by atoms with Gasteiger partial charge in [-0.3, -0.25) is 19.2 Å². The Hall–Kier alpha value is -6.21. The van der Waals surface area contributed by atoms with E-state index in [1.165, 1.54) is 59.9 Å². The highest BCUT2D eigenvalue weighted by atomic mass is 32.1. The number of nitrogens with zero attached hydrogens (tertiary/aromatic N) is 1. The molecular weight excluding hydrogens is 763 g/mol. The van der Waals surface area contributed by atoms with E-state index in [1.807, 2.05) is 26.0 Å². The standard InChI is InChI=1S/C45H41NO11S/c1-24-21-25(2)34-23-38(55-37(34)22-24)41-46-39-35(56-44(51)28-7-3-26(4-8-28)42(49)53-32-15-11-30(47)12-16-32)19-20-36(40(39)58-41)57-45(52)29-9-5-27(6-10-29)43(50)54-33-17-13-31(48)14-18-33/h11-23,26-29,47-48H,3-10H2,1-2H3/t26-,27-,28-,29-. The predicted molar refractivity (Wildman–Crippen MR) is 214 cm³/mol. The predicted octanol–water partition coefficient (Wildman–Crippen LogP) is 9.37. The van der Waals surface area contributed by atoms with Gasteiger partial charge in [0.05, 0.1) is 23.7 Å². The Labute approximate surface area is 337 Å². The number of aryl methyl sites for hydroxylation is 2. The van der Waals surface area contributed by atoms with Crippen molar-refractivity contribution in [2.24, 2.45) is 23.7 Å². The van der Waals surface area contributed by atoms with E-state index in [1.54, 1.807) is 12.1 Å². The summed E-state index contributed by atoms with van der Waals surface area (Å²) in [5.41, 5.74) is 3.18. The summed E-state index contributed by atoms with van der Waals surface area (Å²) in [6.45, 7) is 4.01. The van der Waals surface area contributed by atoms with Gasteiger partial charge in [-0.25, -0.2) is 4.98 Å². The molecule has 58 heavy (non-hydrogen) atoms. The second-order valence-corrected chi connectivity index (χ2v) is 16.1. The largest absolute Gasteiger partial charge is 0.508 e. The fraction of sp³-hybridized carbons (Fsp3) is 0.311. The van der Waals surface area contributed by atoms with Crippen LogP contribution in [0.25, 0.3) is 32.0 Å². The fourth-order valence-electron chi connectivity index (χ4n) is 7.76. The molecule has 0 radical (unpaired) electrons. The lowest BCUT2D eigenvalue weighted by atomic mass is 9.82. The van der Waals surface area contributed by atoms with Crippen LogP contribution in [0.2, 0.25) is 0 Å². The Morgan fingerprint density at radius 2 is 1.05 bits per heavy atom. The molecule has 2 aliphatic carbocycles. The van der Waals surface area contributed by atoms with E-state index >= 15 is 0 Å². The zero-order chi connectivity index (χ0) is 40.5. The van der Waals surface area contributed by atoms with Crippen LogP contribution in [0, 0.1) is 37.5 Å². The van der Waals surface area contributed by atoms with Crippen molar-refractivity contribution in [1.29, 1.82) is 0 Å². The maximum absolute atomic E-state index is 13.6. The number of ether oxygens (including phenoxy) is 4. The molecule has 0 saturated heterocycles. The number of aromatic hydroxyl groups is 2. The molecule has 0 aliphatic heterocycles. The SMILES string of the molecule is Cc1cc(C)c2cc(-c3nc4c(OC(=O)[C@H]5CC[C@H](C(=O)Oc6ccc(O)cc6)CC5)ccc(OC(=O)[C@H]5CC[C@H](C(=O)Oc6ccc(O)cc6)CC5)c4s3)oc2c1. The summed E-state index contributed by atoms with van der Waals surface area (Å²) in [6.07, 6.45) is 3.57. The van der Waals surface area contributed by atoms with E-state index in [9.17, 15) is 29.4 Å². The molecule has 0 amide bonds. The third-order valence-electron chi connectivity index (χ3n) is 11.0. The van der Waals surface area contributed by atoms with Crippen molar-refractivity contribution in [3.63, 3.8) is 0 Å². The third-order valence-corrected chi connectivity index (χ3v) is 12.1. The first-order valence-corrected chi connectivity index (χ1v) is 20.2. The molecule has 4 aromatic carbocycles. The van der Waals surface area contributed by atoms with Crippen molar-refractivity contribution in [2.75, 3.05) is 0 Å². The van der Waals surface area contributed by atoms with E-state index in [4.69, 9.17) is 28.3 Å². The number of hydrogen-bond donors (Lipinski definition) is 2. The monoisotopic (exact) mass is 803 g/mol. The summed E-state index contributed by atoms with van der Waals surface area (Å²) in [5.74, 6) is -1.40. The van der Waals surface area contributed by atoms with Gasteiger partial charge in [-0.1, -0.05) is 6.07 Å². The minimum absolute atomic E-state index is 0.0732. The highest BCUT2D eigenvalue weighted by molar-refractivity contribution is 7.22. The number of carbonyl (C=O) groups excluding carboxylic acids is 4. The van der Waals surface area contributed by atoms with Crippen molar-refractivity contribution in [3.05, 3.63) is 90.0 Å². The maximum atomic E-state index is 13.6. The number of hydrogen-bond acceptors (Lipinski definition) is 13. The van der Waals surface area contributed by atoms with Crippen LogP contribution in [0.3, 0.4) is 0 Å². The number of phenols is 2. The van der Waals surface area contributed by atoms with Gasteiger partial charge in [0.25, 0.3) is 0 Å². The average molecular weight is 804 g/mol. The lowest BCUT2D eigenvalue weighted by Crippen LogP contribution is -2.30. The normalized spacial score (nSPS) is 19.4. The second-order valence-electron chi connectivity index (χ2n) is 15.1. The Morgan fingerprint density at radius 3 is 1.55 bits per heavy atom. The number of furan rings is 1. The molecule has 13 heteroatoms. The van der Waals surface area contributed by atoms with E-state index in [0.29, 0.717) is 83.9 Å². The first kappa shape index (κ1) is 38.7. The Morgan fingerprint density at radius 1 is 0.603 bits per heavy atom. The molecule has 0 spiro atoms. The average Bonchev–Trinajstić information content (AvgIpc) is 3.87. The van der Waals surface area contributed by atoms with Crippen LogP contribution in [-0.4, -0.2) is 39.1 Å². The molecule has 2 saturated carbocycles. The second kappa shape index (κ2) is 16.3. The van der Waals surface area contributed by atoms with Gasteiger partial charge < -0.3 is 33.6 Å². The van der Waals surface area contributed by atoms with E-state index in [0.717, 1.165) is 22.1 Å². The highest BCUT2D eigenvalue weighted by Gasteiger charge is 2.35. The Balaban J connectivity index is 0.974. The molecule has 2 fully saturated rings. The molecule has 0 bridgehead atoms. The van der Waals surface area contributed by atoms with Gasteiger partial charge in [0.2, 0.25) is 0 Å². The Bertz CT molecular complexity index is 2370. The smallest absolute Gasteiger partial charge is 0.314 e. The number of rotatable bonds is 9. The number of phenolic OH excluding ortho intramolecular Hbond substituents is 2. The molecule has 8 rings (SSSR count). The maximum Gasteiger partial charge on any atom is 0.314 e. The molecule has 2 heterocycles. The zero-order valence-corrected chi connectivity index (χ0v) is 32.7.